The molecule has 0 saturated carbocycles. The molecule has 0 radical (unpaired) electrons. The monoisotopic (exact) mass is 207 g/mol. The van der Waals surface area contributed by atoms with Gasteiger partial charge in [0.25, 0.3) is 0 Å². The molecule has 10 heavy (non-hydrogen) atoms. The summed E-state index contributed by atoms with van der Waals surface area (Å²) in [7, 11) is 0. The smallest absolute Gasteiger partial charge is 0.0644 e. The zero-order valence-corrected chi connectivity index (χ0v) is 7.89. The zero-order valence-electron chi connectivity index (χ0n) is 6.31. The number of alkyl halides is 1. The minimum absolute atomic E-state index is 0.404. The molecule has 1 N–H and O–H groups in total. The van der Waals surface area contributed by atoms with Crippen LogP contribution in [0.3, 0.4) is 0 Å². The molecule has 1 saturated heterocycles. The Kier molecular flexibility index (Phi) is 2.72. The molecule has 0 aromatic carbocycles. The lowest BCUT2D eigenvalue weighted by molar-refractivity contribution is -0.000163. The molecule has 0 aromatic rings. The SMILES string of the molecule is CC1(O)CCN(CBr)CC1. The van der Waals surface area contributed by atoms with Crippen LogP contribution in [0.1, 0.15) is 19.8 Å². The lowest BCUT2D eigenvalue weighted by atomic mass is 9.94. The molecule has 1 fully saturated rings. The van der Waals surface area contributed by atoms with Crippen molar-refractivity contribution in [2.75, 3.05) is 18.5 Å². The molecule has 0 spiro atoms. The van der Waals surface area contributed by atoms with Gasteiger partial charge in [-0.2, -0.15) is 0 Å². The Labute approximate surface area is 70.3 Å². The Bertz CT molecular complexity index is 106. The van der Waals surface area contributed by atoms with E-state index in [9.17, 15) is 5.11 Å². The van der Waals surface area contributed by atoms with E-state index in [2.05, 4.69) is 20.8 Å². The highest BCUT2D eigenvalue weighted by molar-refractivity contribution is 9.09. The van der Waals surface area contributed by atoms with Crippen molar-refractivity contribution in [2.45, 2.75) is 25.4 Å². The number of halogens is 1. The lowest BCUT2D eigenvalue weighted by Gasteiger charge is -2.34. The molecule has 0 aliphatic carbocycles. The first-order valence-corrected chi connectivity index (χ1v) is 4.77. The van der Waals surface area contributed by atoms with Gasteiger partial charge in [-0.25, -0.2) is 0 Å². The fourth-order valence-electron chi connectivity index (χ4n) is 1.15. The third-order valence-corrected chi connectivity index (χ3v) is 2.81. The van der Waals surface area contributed by atoms with E-state index in [4.69, 9.17) is 0 Å². The highest BCUT2D eigenvalue weighted by Crippen LogP contribution is 2.20. The highest BCUT2D eigenvalue weighted by atomic mass is 79.9. The van der Waals surface area contributed by atoms with Crippen molar-refractivity contribution < 1.29 is 5.11 Å². The maximum Gasteiger partial charge on any atom is 0.0644 e. The van der Waals surface area contributed by atoms with Crippen molar-refractivity contribution in [3.05, 3.63) is 0 Å². The average Bonchev–Trinajstić information content (AvgIpc) is 1.88. The molecule has 0 atom stereocenters. The summed E-state index contributed by atoms with van der Waals surface area (Å²) < 4.78 is 0. The number of rotatable bonds is 1. The maximum atomic E-state index is 9.55. The van der Waals surface area contributed by atoms with Crippen LogP contribution in [0.5, 0.6) is 0 Å². The second kappa shape index (κ2) is 3.20. The molecule has 1 aliphatic rings. The van der Waals surface area contributed by atoms with Crippen molar-refractivity contribution in [1.82, 2.24) is 4.90 Å². The van der Waals surface area contributed by atoms with Gasteiger partial charge in [0.15, 0.2) is 0 Å². The second-order valence-corrected chi connectivity index (χ2v) is 3.74. The number of hydrogen-bond donors (Lipinski definition) is 1. The molecule has 60 valence electrons. The van der Waals surface area contributed by atoms with Gasteiger partial charge >= 0.3 is 0 Å². The standard InChI is InChI=1S/C7H14BrNO/c1-7(10)2-4-9(6-8)5-3-7/h10H,2-6H2,1H3. The third kappa shape index (κ3) is 2.22. The van der Waals surface area contributed by atoms with E-state index >= 15 is 0 Å². The van der Waals surface area contributed by atoms with Crippen molar-refractivity contribution in [1.29, 1.82) is 0 Å². The van der Waals surface area contributed by atoms with E-state index in [1.807, 2.05) is 6.92 Å². The minimum Gasteiger partial charge on any atom is -0.390 e. The van der Waals surface area contributed by atoms with Crippen molar-refractivity contribution in [2.24, 2.45) is 0 Å². The van der Waals surface area contributed by atoms with E-state index in [0.717, 1.165) is 31.4 Å². The van der Waals surface area contributed by atoms with Crippen LogP contribution >= 0.6 is 15.9 Å². The molecule has 2 nitrogen and oxygen atoms in total. The summed E-state index contributed by atoms with van der Waals surface area (Å²) in [6.07, 6.45) is 1.80. The van der Waals surface area contributed by atoms with Gasteiger partial charge in [-0.05, 0) is 19.8 Å². The van der Waals surface area contributed by atoms with Gasteiger partial charge in [0.2, 0.25) is 0 Å². The quantitative estimate of drug-likeness (QED) is 0.516. The molecule has 1 aliphatic heterocycles. The Hall–Kier alpha value is 0.400. The van der Waals surface area contributed by atoms with E-state index in [1.165, 1.54) is 0 Å². The first kappa shape index (κ1) is 8.50. The molecule has 1 rings (SSSR count). The molecule has 0 amide bonds. The third-order valence-electron chi connectivity index (χ3n) is 2.10. The summed E-state index contributed by atoms with van der Waals surface area (Å²) >= 11 is 3.39. The first-order valence-electron chi connectivity index (χ1n) is 3.65. The van der Waals surface area contributed by atoms with Crippen LogP contribution in [0.25, 0.3) is 0 Å². The minimum atomic E-state index is -0.404. The first-order chi connectivity index (χ1) is 4.64. The van der Waals surface area contributed by atoms with Crippen LogP contribution in [0.4, 0.5) is 0 Å². The number of aliphatic hydroxyl groups is 1. The van der Waals surface area contributed by atoms with Gasteiger partial charge in [-0.3, -0.25) is 4.90 Å². The van der Waals surface area contributed by atoms with Crippen LogP contribution in [0.2, 0.25) is 0 Å². The summed E-state index contributed by atoms with van der Waals surface area (Å²) in [4.78, 5) is 2.29. The van der Waals surface area contributed by atoms with E-state index in [1.54, 1.807) is 0 Å². The predicted molar refractivity (Wildman–Crippen MR) is 45.2 cm³/mol. The van der Waals surface area contributed by atoms with Crippen molar-refractivity contribution in [3.8, 4) is 0 Å². The van der Waals surface area contributed by atoms with Gasteiger partial charge < -0.3 is 5.11 Å². The molecule has 0 bridgehead atoms. The number of hydrogen-bond acceptors (Lipinski definition) is 2. The summed E-state index contributed by atoms with van der Waals surface area (Å²) in [6, 6.07) is 0. The summed E-state index contributed by atoms with van der Waals surface area (Å²) in [5.74, 6) is 0. The normalized spacial score (nSPS) is 26.7. The number of nitrogens with zero attached hydrogens (tertiary/aromatic N) is 1. The van der Waals surface area contributed by atoms with E-state index in [0.29, 0.717) is 0 Å². The molecule has 0 unspecified atom stereocenters. The van der Waals surface area contributed by atoms with Gasteiger partial charge in [-0.15, -0.1) is 0 Å². The van der Waals surface area contributed by atoms with E-state index < -0.39 is 5.60 Å². The zero-order chi connectivity index (χ0) is 7.61. The topological polar surface area (TPSA) is 23.5 Å². The molecule has 1 heterocycles. The van der Waals surface area contributed by atoms with Crippen LogP contribution in [-0.4, -0.2) is 34.2 Å². The molecular weight excluding hydrogens is 194 g/mol. The fraction of sp³-hybridized carbons (Fsp3) is 1.00. The van der Waals surface area contributed by atoms with Gasteiger partial charge in [0, 0.05) is 13.1 Å². The highest BCUT2D eigenvalue weighted by Gasteiger charge is 2.26. The van der Waals surface area contributed by atoms with Crippen LogP contribution in [-0.2, 0) is 0 Å². The summed E-state index contributed by atoms with van der Waals surface area (Å²) in [6.45, 7) is 3.94. The van der Waals surface area contributed by atoms with Crippen molar-refractivity contribution >= 4 is 15.9 Å². The Morgan fingerprint density at radius 3 is 2.40 bits per heavy atom. The number of likely N-dealkylation sites (tertiary alicyclic amines) is 1. The van der Waals surface area contributed by atoms with Crippen LogP contribution in [0, 0.1) is 0 Å². The Morgan fingerprint density at radius 2 is 2.00 bits per heavy atom. The Balaban J connectivity index is 2.31. The maximum absolute atomic E-state index is 9.55. The van der Waals surface area contributed by atoms with Gasteiger partial charge in [0.1, 0.15) is 0 Å². The summed E-state index contributed by atoms with van der Waals surface area (Å²) in [5, 5.41) is 9.55. The fourth-order valence-corrected chi connectivity index (χ4v) is 1.66. The number of piperidine rings is 1. The van der Waals surface area contributed by atoms with E-state index in [-0.39, 0.29) is 0 Å². The average molecular weight is 208 g/mol. The molecular formula is C7H14BrNO. The van der Waals surface area contributed by atoms with Gasteiger partial charge in [-0.1, -0.05) is 15.9 Å². The molecule has 3 heteroatoms. The van der Waals surface area contributed by atoms with Gasteiger partial charge in [0.05, 0.1) is 11.1 Å². The van der Waals surface area contributed by atoms with Crippen LogP contribution in [0.15, 0.2) is 0 Å². The van der Waals surface area contributed by atoms with Crippen LogP contribution < -0.4 is 0 Å². The summed E-state index contributed by atoms with van der Waals surface area (Å²) in [5.41, 5.74) is 0.530. The second-order valence-electron chi connectivity index (χ2n) is 3.23. The largest absolute Gasteiger partial charge is 0.390 e. The van der Waals surface area contributed by atoms with Crippen molar-refractivity contribution in [3.63, 3.8) is 0 Å². The lowest BCUT2D eigenvalue weighted by Crippen LogP contribution is -2.41. The molecule has 0 aromatic heterocycles. The Morgan fingerprint density at radius 1 is 1.50 bits per heavy atom. The predicted octanol–water partition coefficient (Wildman–Crippen LogP) is 1.19.